The standard InChI is InChI=1S/C8H17NO/c1-3-4-7-5-9-6-8(7)10-2/h7-9H,3-6H2,1-2H3. The van der Waals surface area contributed by atoms with E-state index in [1.807, 2.05) is 0 Å². The van der Waals surface area contributed by atoms with Gasteiger partial charge >= 0.3 is 0 Å². The molecule has 0 saturated carbocycles. The Kier molecular flexibility index (Phi) is 3.16. The van der Waals surface area contributed by atoms with Crippen molar-refractivity contribution < 1.29 is 4.74 Å². The van der Waals surface area contributed by atoms with Crippen molar-refractivity contribution in [1.82, 2.24) is 5.32 Å². The van der Waals surface area contributed by atoms with Crippen LogP contribution in [0.5, 0.6) is 0 Å². The van der Waals surface area contributed by atoms with Gasteiger partial charge in [0.25, 0.3) is 0 Å². The summed E-state index contributed by atoms with van der Waals surface area (Å²) in [6, 6.07) is 0. The van der Waals surface area contributed by atoms with Crippen LogP contribution >= 0.6 is 0 Å². The Labute approximate surface area is 63.0 Å². The molecule has 0 aromatic rings. The summed E-state index contributed by atoms with van der Waals surface area (Å²) in [6.07, 6.45) is 3.04. The largest absolute Gasteiger partial charge is 0.380 e. The zero-order valence-electron chi connectivity index (χ0n) is 6.89. The van der Waals surface area contributed by atoms with Crippen molar-refractivity contribution in [2.75, 3.05) is 20.2 Å². The normalized spacial score (nSPS) is 33.0. The maximum atomic E-state index is 5.31. The molecule has 1 saturated heterocycles. The maximum Gasteiger partial charge on any atom is 0.0735 e. The van der Waals surface area contributed by atoms with E-state index < -0.39 is 0 Å². The Morgan fingerprint density at radius 2 is 2.30 bits per heavy atom. The second-order valence-corrected chi connectivity index (χ2v) is 2.98. The number of hydrogen-bond donors (Lipinski definition) is 1. The molecule has 1 aliphatic heterocycles. The van der Waals surface area contributed by atoms with Crippen LogP contribution < -0.4 is 5.32 Å². The highest BCUT2D eigenvalue weighted by atomic mass is 16.5. The van der Waals surface area contributed by atoms with E-state index in [1.54, 1.807) is 7.11 Å². The second kappa shape index (κ2) is 3.94. The molecule has 2 unspecified atom stereocenters. The van der Waals surface area contributed by atoms with Crippen molar-refractivity contribution in [3.63, 3.8) is 0 Å². The Morgan fingerprint density at radius 1 is 1.50 bits per heavy atom. The Balaban J connectivity index is 2.27. The molecule has 2 heteroatoms. The number of nitrogens with one attached hydrogen (secondary N) is 1. The van der Waals surface area contributed by atoms with E-state index in [0.29, 0.717) is 6.10 Å². The quantitative estimate of drug-likeness (QED) is 0.637. The first kappa shape index (κ1) is 8.02. The molecule has 60 valence electrons. The molecule has 1 heterocycles. The van der Waals surface area contributed by atoms with Crippen LogP contribution in [0.2, 0.25) is 0 Å². The summed E-state index contributed by atoms with van der Waals surface area (Å²) in [7, 11) is 1.81. The van der Waals surface area contributed by atoms with Gasteiger partial charge in [-0.25, -0.2) is 0 Å². The van der Waals surface area contributed by atoms with Gasteiger partial charge in [-0.15, -0.1) is 0 Å². The third-order valence-electron chi connectivity index (χ3n) is 2.24. The highest BCUT2D eigenvalue weighted by molar-refractivity contribution is 4.80. The molecule has 0 amide bonds. The highest BCUT2D eigenvalue weighted by Gasteiger charge is 2.25. The van der Waals surface area contributed by atoms with Gasteiger partial charge in [-0.1, -0.05) is 13.3 Å². The van der Waals surface area contributed by atoms with Gasteiger partial charge < -0.3 is 10.1 Å². The molecule has 0 aliphatic carbocycles. The minimum Gasteiger partial charge on any atom is -0.380 e. The van der Waals surface area contributed by atoms with Crippen LogP contribution in [0.25, 0.3) is 0 Å². The topological polar surface area (TPSA) is 21.3 Å². The lowest BCUT2D eigenvalue weighted by Crippen LogP contribution is -2.20. The molecule has 1 N–H and O–H groups in total. The average molecular weight is 143 g/mol. The van der Waals surface area contributed by atoms with Crippen LogP contribution in [0.3, 0.4) is 0 Å². The van der Waals surface area contributed by atoms with Crippen molar-refractivity contribution in [2.24, 2.45) is 5.92 Å². The SMILES string of the molecule is CCCC1CNCC1OC. The van der Waals surface area contributed by atoms with Gasteiger partial charge in [0.1, 0.15) is 0 Å². The van der Waals surface area contributed by atoms with Crippen molar-refractivity contribution in [1.29, 1.82) is 0 Å². The second-order valence-electron chi connectivity index (χ2n) is 2.98. The van der Waals surface area contributed by atoms with Crippen LogP contribution in [0.4, 0.5) is 0 Å². The molecular weight excluding hydrogens is 126 g/mol. The van der Waals surface area contributed by atoms with E-state index in [2.05, 4.69) is 12.2 Å². The minimum absolute atomic E-state index is 0.472. The lowest BCUT2D eigenvalue weighted by Gasteiger charge is -2.15. The van der Waals surface area contributed by atoms with Gasteiger partial charge in [-0.2, -0.15) is 0 Å². The van der Waals surface area contributed by atoms with Gasteiger partial charge in [0, 0.05) is 20.2 Å². The van der Waals surface area contributed by atoms with Crippen molar-refractivity contribution in [3.05, 3.63) is 0 Å². The van der Waals surface area contributed by atoms with Gasteiger partial charge in [-0.05, 0) is 12.3 Å². The van der Waals surface area contributed by atoms with Crippen molar-refractivity contribution in [3.8, 4) is 0 Å². The molecule has 1 fully saturated rings. The molecule has 1 aliphatic rings. The van der Waals surface area contributed by atoms with Crippen LogP contribution in [0, 0.1) is 5.92 Å². The first-order chi connectivity index (χ1) is 4.88. The molecule has 0 aromatic carbocycles. The summed E-state index contributed by atoms with van der Waals surface area (Å²) in [5.74, 6) is 0.759. The first-order valence-electron chi connectivity index (χ1n) is 4.12. The van der Waals surface area contributed by atoms with Gasteiger partial charge in [0.15, 0.2) is 0 Å². The molecule has 0 aromatic heterocycles. The van der Waals surface area contributed by atoms with Crippen molar-refractivity contribution >= 4 is 0 Å². The van der Waals surface area contributed by atoms with E-state index in [-0.39, 0.29) is 0 Å². The summed E-state index contributed by atoms with van der Waals surface area (Å²) in [5.41, 5.74) is 0. The molecule has 2 atom stereocenters. The Bertz CT molecular complexity index is 95.3. The summed E-state index contributed by atoms with van der Waals surface area (Å²) in [4.78, 5) is 0. The van der Waals surface area contributed by atoms with E-state index in [1.165, 1.54) is 12.8 Å². The number of methoxy groups -OCH3 is 1. The van der Waals surface area contributed by atoms with Gasteiger partial charge in [0.05, 0.1) is 6.10 Å². The minimum atomic E-state index is 0.472. The number of hydrogen-bond acceptors (Lipinski definition) is 2. The van der Waals surface area contributed by atoms with Gasteiger partial charge in [0.2, 0.25) is 0 Å². The number of rotatable bonds is 3. The molecule has 0 radical (unpaired) electrons. The Hall–Kier alpha value is -0.0800. The number of ether oxygens (including phenoxy) is 1. The molecular formula is C8H17NO. The van der Waals surface area contributed by atoms with Crippen LogP contribution in [-0.2, 0) is 4.74 Å². The van der Waals surface area contributed by atoms with Crippen LogP contribution in [-0.4, -0.2) is 26.3 Å². The molecule has 2 nitrogen and oxygen atoms in total. The van der Waals surface area contributed by atoms with E-state index in [9.17, 15) is 0 Å². The molecule has 0 spiro atoms. The average Bonchev–Trinajstić information content (AvgIpc) is 2.36. The summed E-state index contributed by atoms with van der Waals surface area (Å²) >= 11 is 0. The van der Waals surface area contributed by atoms with E-state index in [0.717, 1.165) is 19.0 Å². The fraction of sp³-hybridized carbons (Fsp3) is 1.00. The molecule has 1 rings (SSSR count). The lowest BCUT2D eigenvalue weighted by atomic mass is 10.0. The van der Waals surface area contributed by atoms with Gasteiger partial charge in [-0.3, -0.25) is 0 Å². The summed E-state index contributed by atoms with van der Waals surface area (Å²) < 4.78 is 5.31. The molecule has 0 bridgehead atoms. The van der Waals surface area contributed by atoms with Crippen LogP contribution in [0.15, 0.2) is 0 Å². The highest BCUT2D eigenvalue weighted by Crippen LogP contribution is 2.17. The van der Waals surface area contributed by atoms with Crippen molar-refractivity contribution in [2.45, 2.75) is 25.9 Å². The monoisotopic (exact) mass is 143 g/mol. The summed E-state index contributed by atoms with van der Waals surface area (Å²) in [6.45, 7) is 4.42. The third kappa shape index (κ3) is 1.70. The fourth-order valence-electron chi connectivity index (χ4n) is 1.64. The zero-order chi connectivity index (χ0) is 7.40. The molecule has 10 heavy (non-hydrogen) atoms. The van der Waals surface area contributed by atoms with E-state index in [4.69, 9.17) is 4.74 Å². The predicted octanol–water partition coefficient (Wildman–Crippen LogP) is 1.02. The fourth-order valence-corrected chi connectivity index (χ4v) is 1.64. The smallest absolute Gasteiger partial charge is 0.0735 e. The third-order valence-corrected chi connectivity index (χ3v) is 2.24. The maximum absolute atomic E-state index is 5.31. The van der Waals surface area contributed by atoms with Crippen LogP contribution in [0.1, 0.15) is 19.8 Å². The Morgan fingerprint density at radius 3 is 2.90 bits per heavy atom. The lowest BCUT2D eigenvalue weighted by molar-refractivity contribution is 0.0798. The van der Waals surface area contributed by atoms with E-state index >= 15 is 0 Å². The predicted molar refractivity (Wildman–Crippen MR) is 42.1 cm³/mol. The zero-order valence-corrected chi connectivity index (χ0v) is 6.89. The first-order valence-corrected chi connectivity index (χ1v) is 4.12. The summed E-state index contributed by atoms with van der Waals surface area (Å²) in [5, 5.41) is 3.33.